The largest absolute Gasteiger partial charge is 0.481 e. The summed E-state index contributed by atoms with van der Waals surface area (Å²) in [7, 11) is 1.59. The van der Waals surface area contributed by atoms with E-state index < -0.39 is 11.9 Å². The Labute approximate surface area is 101 Å². The van der Waals surface area contributed by atoms with Crippen LogP contribution in [0.4, 0.5) is 4.79 Å². The number of carboxylic acids is 1. The molecule has 1 heterocycles. The molecule has 1 aliphatic rings. The number of methoxy groups -OCH3 is 1. The number of hydrogen-bond donors (Lipinski definition) is 2. The molecule has 0 aromatic rings. The van der Waals surface area contributed by atoms with Gasteiger partial charge in [0.05, 0.1) is 12.0 Å². The van der Waals surface area contributed by atoms with Crippen LogP contribution >= 0.6 is 0 Å². The van der Waals surface area contributed by atoms with Crippen LogP contribution in [0.3, 0.4) is 0 Å². The van der Waals surface area contributed by atoms with Crippen molar-refractivity contribution in [2.24, 2.45) is 11.8 Å². The van der Waals surface area contributed by atoms with E-state index in [-0.39, 0.29) is 18.1 Å². The normalized spacial score (nSPS) is 19.4. The van der Waals surface area contributed by atoms with Crippen molar-refractivity contribution >= 4 is 12.0 Å². The standard InChI is InChI=1S/C11H20N2O4/c1-7(17-3)4-12-11(16)13-5-9(6-13)8(2)10(14)15/h7-9H,4-6H2,1-3H3,(H,12,16)(H,14,15). The van der Waals surface area contributed by atoms with E-state index in [1.54, 1.807) is 18.9 Å². The summed E-state index contributed by atoms with van der Waals surface area (Å²) < 4.78 is 5.01. The maximum Gasteiger partial charge on any atom is 0.317 e. The molecule has 0 bridgehead atoms. The SMILES string of the molecule is COC(C)CNC(=O)N1CC(C(C)C(=O)O)C1. The molecule has 2 unspecified atom stereocenters. The molecular weight excluding hydrogens is 224 g/mol. The Morgan fingerprint density at radius 3 is 2.53 bits per heavy atom. The molecule has 1 aliphatic heterocycles. The number of nitrogens with one attached hydrogen (secondary N) is 1. The molecule has 0 aromatic heterocycles. The number of urea groups is 1. The van der Waals surface area contributed by atoms with Gasteiger partial charge in [-0.2, -0.15) is 0 Å². The van der Waals surface area contributed by atoms with Crippen LogP contribution in [0.25, 0.3) is 0 Å². The van der Waals surface area contributed by atoms with E-state index in [0.29, 0.717) is 19.6 Å². The third-order valence-electron chi connectivity index (χ3n) is 3.24. The first-order chi connectivity index (χ1) is 7.95. The molecule has 6 nitrogen and oxygen atoms in total. The highest BCUT2D eigenvalue weighted by Gasteiger charge is 2.37. The summed E-state index contributed by atoms with van der Waals surface area (Å²) in [4.78, 5) is 23.9. The Hall–Kier alpha value is -1.30. The quantitative estimate of drug-likeness (QED) is 0.733. The Bertz CT molecular complexity index is 289. The molecule has 1 fully saturated rings. The number of carbonyl (C=O) groups is 2. The second kappa shape index (κ2) is 5.86. The Morgan fingerprint density at radius 2 is 2.06 bits per heavy atom. The highest BCUT2D eigenvalue weighted by molar-refractivity contribution is 5.76. The van der Waals surface area contributed by atoms with E-state index in [1.165, 1.54) is 0 Å². The summed E-state index contributed by atoms with van der Waals surface area (Å²) in [6.07, 6.45) is -0.0195. The van der Waals surface area contributed by atoms with Gasteiger partial charge < -0.3 is 20.1 Å². The van der Waals surface area contributed by atoms with Crippen LogP contribution < -0.4 is 5.32 Å². The minimum Gasteiger partial charge on any atom is -0.481 e. The van der Waals surface area contributed by atoms with Crippen molar-refractivity contribution in [3.8, 4) is 0 Å². The number of likely N-dealkylation sites (tertiary alicyclic amines) is 1. The van der Waals surface area contributed by atoms with Gasteiger partial charge in [-0.15, -0.1) is 0 Å². The van der Waals surface area contributed by atoms with Gasteiger partial charge in [-0.05, 0) is 6.92 Å². The average molecular weight is 244 g/mol. The molecule has 2 N–H and O–H groups in total. The molecule has 1 saturated heterocycles. The van der Waals surface area contributed by atoms with Crippen molar-refractivity contribution in [3.63, 3.8) is 0 Å². The minimum absolute atomic E-state index is 0.0195. The summed E-state index contributed by atoms with van der Waals surface area (Å²) in [6.45, 7) is 5.03. The van der Waals surface area contributed by atoms with Crippen molar-refractivity contribution in [2.45, 2.75) is 20.0 Å². The summed E-state index contributed by atoms with van der Waals surface area (Å²) in [5.41, 5.74) is 0. The number of ether oxygens (including phenoxy) is 1. The molecule has 17 heavy (non-hydrogen) atoms. The molecule has 0 spiro atoms. The van der Waals surface area contributed by atoms with Crippen molar-refractivity contribution in [3.05, 3.63) is 0 Å². The number of carboxylic acid groups (broad SMARTS) is 1. The van der Waals surface area contributed by atoms with Crippen LogP contribution in [0.5, 0.6) is 0 Å². The lowest BCUT2D eigenvalue weighted by atomic mass is 9.87. The van der Waals surface area contributed by atoms with E-state index in [2.05, 4.69) is 5.32 Å². The lowest BCUT2D eigenvalue weighted by Gasteiger charge is -2.41. The fourth-order valence-electron chi connectivity index (χ4n) is 1.62. The second-order valence-corrected chi connectivity index (χ2v) is 4.52. The monoisotopic (exact) mass is 244 g/mol. The van der Waals surface area contributed by atoms with E-state index in [0.717, 1.165) is 0 Å². The van der Waals surface area contributed by atoms with Crippen LogP contribution in [0.2, 0.25) is 0 Å². The first kappa shape index (κ1) is 13.8. The van der Waals surface area contributed by atoms with E-state index in [1.807, 2.05) is 6.92 Å². The Balaban J connectivity index is 2.23. The van der Waals surface area contributed by atoms with Crippen LogP contribution in [0, 0.1) is 11.8 Å². The number of rotatable bonds is 5. The predicted molar refractivity (Wildman–Crippen MR) is 61.7 cm³/mol. The van der Waals surface area contributed by atoms with Gasteiger partial charge in [0.25, 0.3) is 0 Å². The second-order valence-electron chi connectivity index (χ2n) is 4.52. The molecule has 1 rings (SSSR count). The number of aliphatic carboxylic acids is 1. The van der Waals surface area contributed by atoms with Crippen molar-refractivity contribution in [2.75, 3.05) is 26.7 Å². The van der Waals surface area contributed by atoms with Gasteiger partial charge in [0.1, 0.15) is 0 Å². The first-order valence-corrected chi connectivity index (χ1v) is 5.74. The number of carbonyl (C=O) groups excluding carboxylic acids is 1. The van der Waals surface area contributed by atoms with Gasteiger partial charge in [0, 0.05) is 32.7 Å². The maximum absolute atomic E-state index is 11.6. The molecule has 0 aromatic carbocycles. The molecular formula is C11H20N2O4. The summed E-state index contributed by atoms with van der Waals surface area (Å²) in [6, 6.07) is -0.150. The Morgan fingerprint density at radius 1 is 1.47 bits per heavy atom. The van der Waals surface area contributed by atoms with E-state index in [4.69, 9.17) is 9.84 Å². The zero-order valence-corrected chi connectivity index (χ0v) is 10.5. The molecule has 0 saturated carbocycles. The highest BCUT2D eigenvalue weighted by atomic mass is 16.5. The van der Waals surface area contributed by atoms with Crippen molar-refractivity contribution < 1.29 is 19.4 Å². The smallest absolute Gasteiger partial charge is 0.317 e. The molecule has 0 radical (unpaired) electrons. The summed E-state index contributed by atoms with van der Waals surface area (Å²) in [5, 5.41) is 11.6. The predicted octanol–water partition coefficient (Wildman–Crippen LogP) is 0.383. The minimum atomic E-state index is -0.803. The first-order valence-electron chi connectivity index (χ1n) is 5.74. The zero-order valence-electron chi connectivity index (χ0n) is 10.5. The molecule has 6 heteroatoms. The van der Waals surface area contributed by atoms with Crippen molar-refractivity contribution in [1.82, 2.24) is 10.2 Å². The highest BCUT2D eigenvalue weighted by Crippen LogP contribution is 2.23. The van der Waals surface area contributed by atoms with Gasteiger partial charge in [-0.1, -0.05) is 6.92 Å². The van der Waals surface area contributed by atoms with Gasteiger partial charge >= 0.3 is 12.0 Å². The van der Waals surface area contributed by atoms with Crippen molar-refractivity contribution in [1.29, 1.82) is 0 Å². The third-order valence-corrected chi connectivity index (χ3v) is 3.24. The van der Waals surface area contributed by atoms with Crippen LogP contribution in [-0.2, 0) is 9.53 Å². The average Bonchev–Trinajstić information content (AvgIpc) is 2.23. The van der Waals surface area contributed by atoms with Crippen LogP contribution in [-0.4, -0.2) is 54.9 Å². The maximum atomic E-state index is 11.6. The molecule has 98 valence electrons. The third kappa shape index (κ3) is 3.59. The number of nitrogens with zero attached hydrogens (tertiary/aromatic N) is 1. The van der Waals surface area contributed by atoms with Gasteiger partial charge in [0.2, 0.25) is 0 Å². The topological polar surface area (TPSA) is 78.9 Å². The number of hydrogen-bond acceptors (Lipinski definition) is 3. The lowest BCUT2D eigenvalue weighted by Crippen LogP contribution is -2.57. The molecule has 2 atom stereocenters. The number of amides is 2. The molecule has 0 aliphatic carbocycles. The lowest BCUT2D eigenvalue weighted by molar-refractivity contribution is -0.144. The van der Waals surface area contributed by atoms with Gasteiger partial charge in [-0.3, -0.25) is 4.79 Å². The summed E-state index contributed by atoms with van der Waals surface area (Å²) >= 11 is 0. The fourth-order valence-corrected chi connectivity index (χ4v) is 1.62. The molecule has 2 amide bonds. The summed E-state index contributed by atoms with van der Waals surface area (Å²) in [5.74, 6) is -1.13. The van der Waals surface area contributed by atoms with Gasteiger partial charge in [-0.25, -0.2) is 4.79 Å². The van der Waals surface area contributed by atoms with Crippen LogP contribution in [0.15, 0.2) is 0 Å². The van der Waals surface area contributed by atoms with E-state index in [9.17, 15) is 9.59 Å². The van der Waals surface area contributed by atoms with Gasteiger partial charge in [0.15, 0.2) is 0 Å². The fraction of sp³-hybridized carbons (Fsp3) is 0.818. The Kier molecular flexibility index (Phi) is 4.74. The zero-order chi connectivity index (χ0) is 13.0. The van der Waals surface area contributed by atoms with Crippen LogP contribution in [0.1, 0.15) is 13.8 Å². The van der Waals surface area contributed by atoms with E-state index >= 15 is 0 Å².